The highest BCUT2D eigenvalue weighted by atomic mass is 16.3. The molecule has 2 saturated heterocycles. The smallest absolute Gasteiger partial charge is 0.248 e. The molecule has 4 heterocycles. The molecule has 0 radical (unpaired) electrons. The zero-order valence-corrected chi connectivity index (χ0v) is 18.7. The molecule has 0 aliphatic carbocycles. The standard InChI is InChI=1S/C25H29N5O2/c1-24-9-10-25(2,29-24)15-18(14-24)30(3)22-7-6-20(27-28-22)19-5-4-16(12-21(19)31)17-8-11-26-23(32)13-17/h4-8,11-13,18,29,31H,9-10,14-15H2,1-3H3,(H,26,32)/t18-,24-,25+. The van der Waals surface area contributed by atoms with Crippen LogP contribution in [0.1, 0.15) is 39.5 Å². The van der Waals surface area contributed by atoms with Crippen LogP contribution >= 0.6 is 0 Å². The number of H-pyrrole nitrogens is 1. The number of anilines is 1. The summed E-state index contributed by atoms with van der Waals surface area (Å²) in [5.41, 5.74) is 2.94. The Morgan fingerprint density at radius 2 is 1.72 bits per heavy atom. The van der Waals surface area contributed by atoms with Crippen LogP contribution in [0.15, 0.2) is 53.5 Å². The summed E-state index contributed by atoms with van der Waals surface area (Å²) in [6, 6.07) is 12.9. The van der Waals surface area contributed by atoms with Gasteiger partial charge in [-0.05, 0) is 81.0 Å². The van der Waals surface area contributed by atoms with Crippen LogP contribution in [0.5, 0.6) is 5.75 Å². The highest BCUT2D eigenvalue weighted by Gasteiger charge is 2.49. The van der Waals surface area contributed by atoms with Crippen molar-refractivity contribution in [2.24, 2.45) is 0 Å². The number of hydrogen-bond acceptors (Lipinski definition) is 6. The van der Waals surface area contributed by atoms with Crippen molar-refractivity contribution >= 4 is 5.82 Å². The lowest BCUT2D eigenvalue weighted by Crippen LogP contribution is -2.58. The number of piperidine rings is 1. The van der Waals surface area contributed by atoms with Crippen LogP contribution < -0.4 is 15.8 Å². The van der Waals surface area contributed by atoms with Crippen LogP contribution in [0.3, 0.4) is 0 Å². The molecule has 7 nitrogen and oxygen atoms in total. The van der Waals surface area contributed by atoms with E-state index in [0.29, 0.717) is 17.3 Å². The second-order valence-corrected chi connectivity index (χ2v) is 9.87. The second-order valence-electron chi connectivity index (χ2n) is 9.87. The third kappa shape index (κ3) is 3.77. The van der Waals surface area contributed by atoms with E-state index in [1.165, 1.54) is 18.9 Å². The van der Waals surface area contributed by atoms with Gasteiger partial charge < -0.3 is 20.3 Å². The SMILES string of the molecule is CN(c1ccc(-c2ccc(-c3cc[nH]c(=O)c3)cc2O)nn1)[C@H]1C[C@]2(C)CC[C@](C)(C1)N2. The summed E-state index contributed by atoms with van der Waals surface area (Å²) in [4.78, 5) is 16.4. The number of aromatic nitrogens is 3. The molecule has 2 aliphatic rings. The molecule has 0 saturated carbocycles. The number of phenols is 1. The number of aromatic amines is 1. The molecule has 0 amide bonds. The topological polar surface area (TPSA) is 94.1 Å². The molecule has 5 rings (SSSR count). The highest BCUT2D eigenvalue weighted by molar-refractivity contribution is 5.74. The van der Waals surface area contributed by atoms with Gasteiger partial charge in [-0.15, -0.1) is 10.2 Å². The van der Waals surface area contributed by atoms with E-state index in [2.05, 4.69) is 46.3 Å². The molecular weight excluding hydrogens is 402 g/mol. The molecule has 7 heteroatoms. The van der Waals surface area contributed by atoms with Gasteiger partial charge in [0.2, 0.25) is 5.56 Å². The summed E-state index contributed by atoms with van der Waals surface area (Å²) in [5.74, 6) is 0.945. The maximum Gasteiger partial charge on any atom is 0.248 e. The number of nitrogens with zero attached hydrogens (tertiary/aromatic N) is 3. The molecule has 166 valence electrons. The Bertz CT molecular complexity index is 1190. The van der Waals surface area contributed by atoms with Crippen molar-refractivity contribution in [3.63, 3.8) is 0 Å². The fourth-order valence-corrected chi connectivity index (χ4v) is 5.49. The van der Waals surface area contributed by atoms with E-state index in [0.717, 1.165) is 29.8 Å². The Kier molecular flexibility index (Phi) is 4.82. The van der Waals surface area contributed by atoms with Crippen molar-refractivity contribution < 1.29 is 5.11 Å². The zero-order valence-electron chi connectivity index (χ0n) is 18.7. The zero-order chi connectivity index (χ0) is 22.5. The minimum atomic E-state index is -0.179. The van der Waals surface area contributed by atoms with Crippen molar-refractivity contribution in [1.29, 1.82) is 0 Å². The molecule has 3 N–H and O–H groups in total. The maximum atomic E-state index is 11.6. The molecule has 2 aromatic heterocycles. The van der Waals surface area contributed by atoms with E-state index in [4.69, 9.17) is 0 Å². The number of rotatable bonds is 4. The van der Waals surface area contributed by atoms with Gasteiger partial charge in [0, 0.05) is 42.0 Å². The number of pyridine rings is 1. The summed E-state index contributed by atoms with van der Waals surface area (Å²) in [6.07, 6.45) is 6.20. The van der Waals surface area contributed by atoms with Crippen LogP contribution in [-0.2, 0) is 0 Å². The lowest BCUT2D eigenvalue weighted by molar-refractivity contribution is 0.207. The average molecular weight is 432 g/mol. The molecule has 2 fully saturated rings. The summed E-state index contributed by atoms with van der Waals surface area (Å²) in [6.45, 7) is 4.65. The van der Waals surface area contributed by atoms with Gasteiger partial charge in [0.1, 0.15) is 5.75 Å². The van der Waals surface area contributed by atoms with E-state index < -0.39 is 0 Å². The van der Waals surface area contributed by atoms with Crippen molar-refractivity contribution in [1.82, 2.24) is 20.5 Å². The van der Waals surface area contributed by atoms with Crippen molar-refractivity contribution in [2.75, 3.05) is 11.9 Å². The second kappa shape index (κ2) is 7.45. The summed E-state index contributed by atoms with van der Waals surface area (Å²) in [5, 5.41) is 23.3. The summed E-state index contributed by atoms with van der Waals surface area (Å²) < 4.78 is 0. The lowest BCUT2D eigenvalue weighted by Gasteiger charge is -2.45. The third-order valence-corrected chi connectivity index (χ3v) is 7.15. The first-order chi connectivity index (χ1) is 15.2. The van der Waals surface area contributed by atoms with Gasteiger partial charge in [-0.3, -0.25) is 4.79 Å². The van der Waals surface area contributed by atoms with Crippen LogP contribution in [-0.4, -0.2) is 44.5 Å². The lowest BCUT2D eigenvalue weighted by atomic mass is 9.84. The average Bonchev–Trinajstić information content (AvgIpc) is 3.00. The Balaban J connectivity index is 1.36. The summed E-state index contributed by atoms with van der Waals surface area (Å²) in [7, 11) is 2.10. The predicted molar refractivity (Wildman–Crippen MR) is 126 cm³/mol. The molecule has 2 aliphatic heterocycles. The first-order valence-electron chi connectivity index (χ1n) is 11.1. The molecule has 3 aromatic rings. The number of fused-ring (bicyclic) bond motifs is 2. The maximum absolute atomic E-state index is 11.6. The van der Waals surface area contributed by atoms with Gasteiger partial charge in [-0.1, -0.05) is 6.07 Å². The van der Waals surface area contributed by atoms with Crippen LogP contribution in [0.25, 0.3) is 22.4 Å². The molecule has 3 atom stereocenters. The molecule has 32 heavy (non-hydrogen) atoms. The van der Waals surface area contributed by atoms with Gasteiger partial charge in [-0.2, -0.15) is 0 Å². The van der Waals surface area contributed by atoms with E-state index in [-0.39, 0.29) is 22.4 Å². The van der Waals surface area contributed by atoms with E-state index in [1.807, 2.05) is 24.3 Å². The van der Waals surface area contributed by atoms with E-state index in [9.17, 15) is 9.90 Å². The Morgan fingerprint density at radius 3 is 2.34 bits per heavy atom. The Morgan fingerprint density at radius 1 is 1.00 bits per heavy atom. The number of phenolic OH excluding ortho intramolecular Hbond substituents is 1. The monoisotopic (exact) mass is 431 g/mol. The van der Waals surface area contributed by atoms with Crippen molar-refractivity contribution in [3.8, 4) is 28.1 Å². The van der Waals surface area contributed by atoms with Gasteiger partial charge in [-0.25, -0.2) is 0 Å². The number of nitrogens with one attached hydrogen (secondary N) is 2. The molecule has 1 aromatic carbocycles. The fourth-order valence-electron chi connectivity index (χ4n) is 5.49. The van der Waals surface area contributed by atoms with Crippen LogP contribution in [0, 0.1) is 0 Å². The van der Waals surface area contributed by atoms with E-state index in [1.54, 1.807) is 18.3 Å². The first-order valence-corrected chi connectivity index (χ1v) is 11.1. The molecule has 0 unspecified atom stereocenters. The highest BCUT2D eigenvalue weighted by Crippen LogP contribution is 2.43. The van der Waals surface area contributed by atoms with E-state index >= 15 is 0 Å². The predicted octanol–water partition coefficient (Wildman–Crippen LogP) is 3.70. The normalized spacial score (nSPS) is 26.8. The Hall–Kier alpha value is -3.19. The van der Waals surface area contributed by atoms with Gasteiger partial charge in [0.15, 0.2) is 5.82 Å². The minimum Gasteiger partial charge on any atom is -0.507 e. The molecular formula is C25H29N5O2. The van der Waals surface area contributed by atoms with Gasteiger partial charge in [0.25, 0.3) is 0 Å². The number of benzene rings is 1. The molecule has 2 bridgehead atoms. The van der Waals surface area contributed by atoms with Gasteiger partial charge in [0.05, 0.1) is 5.69 Å². The molecule has 0 spiro atoms. The Labute approximate surface area is 187 Å². The number of hydrogen-bond donors (Lipinski definition) is 3. The fraction of sp³-hybridized carbons (Fsp3) is 0.400. The van der Waals surface area contributed by atoms with Gasteiger partial charge >= 0.3 is 0 Å². The van der Waals surface area contributed by atoms with Crippen molar-refractivity contribution in [2.45, 2.75) is 56.7 Å². The van der Waals surface area contributed by atoms with Crippen LogP contribution in [0.4, 0.5) is 5.82 Å². The van der Waals surface area contributed by atoms with Crippen molar-refractivity contribution in [3.05, 3.63) is 59.0 Å². The quantitative estimate of drug-likeness (QED) is 0.583. The minimum absolute atomic E-state index is 0.106. The third-order valence-electron chi connectivity index (χ3n) is 7.15. The number of aromatic hydroxyl groups is 1. The first kappa shape index (κ1) is 20.7. The summed E-state index contributed by atoms with van der Waals surface area (Å²) >= 11 is 0. The largest absolute Gasteiger partial charge is 0.507 e. The van der Waals surface area contributed by atoms with Crippen LogP contribution in [0.2, 0.25) is 0 Å².